The van der Waals surface area contributed by atoms with Crippen LogP contribution in [0.4, 0.5) is 0 Å². The van der Waals surface area contributed by atoms with Gasteiger partial charge in [0, 0.05) is 38.3 Å². The predicted molar refractivity (Wildman–Crippen MR) is 93.2 cm³/mol. The minimum Gasteiger partial charge on any atom is -0.391 e. The molecule has 3 heterocycles. The summed E-state index contributed by atoms with van der Waals surface area (Å²) in [7, 11) is 0. The summed E-state index contributed by atoms with van der Waals surface area (Å²) in [5, 5.41) is 10.5. The third-order valence-electron chi connectivity index (χ3n) is 6.26. The van der Waals surface area contributed by atoms with Crippen molar-refractivity contribution in [3.05, 3.63) is 35.9 Å². The lowest BCUT2D eigenvalue weighted by molar-refractivity contribution is -0.102. The molecular weight excluding hydrogens is 284 g/mol. The lowest BCUT2D eigenvalue weighted by atomic mass is 9.84. The van der Waals surface area contributed by atoms with E-state index in [-0.39, 0.29) is 6.10 Å². The number of nitrogens with zero attached hydrogens (tertiary/aromatic N) is 2. The molecule has 3 aliphatic heterocycles. The van der Waals surface area contributed by atoms with E-state index in [1.165, 1.54) is 44.2 Å². The molecule has 0 unspecified atom stereocenters. The molecule has 3 saturated heterocycles. The average Bonchev–Trinajstić information content (AvgIpc) is 2.58. The fourth-order valence-electron chi connectivity index (χ4n) is 4.97. The van der Waals surface area contributed by atoms with Crippen LogP contribution in [0.2, 0.25) is 0 Å². The Balaban J connectivity index is 1.39. The smallest absolute Gasteiger partial charge is 0.0723 e. The first-order valence-corrected chi connectivity index (χ1v) is 9.49. The molecule has 23 heavy (non-hydrogen) atoms. The lowest BCUT2D eigenvalue weighted by Crippen LogP contribution is -2.68. The summed E-state index contributed by atoms with van der Waals surface area (Å²) >= 11 is 0. The van der Waals surface area contributed by atoms with E-state index in [0.717, 1.165) is 32.0 Å². The van der Waals surface area contributed by atoms with E-state index in [1.54, 1.807) is 0 Å². The summed E-state index contributed by atoms with van der Waals surface area (Å²) in [6, 6.07) is 11.7. The molecule has 4 aliphatic rings. The van der Waals surface area contributed by atoms with Crippen LogP contribution < -0.4 is 0 Å². The van der Waals surface area contributed by atoms with Crippen molar-refractivity contribution in [1.82, 2.24) is 9.80 Å². The minimum atomic E-state index is -0.121. The first-order valence-electron chi connectivity index (χ1n) is 9.49. The maximum Gasteiger partial charge on any atom is 0.0723 e. The van der Waals surface area contributed by atoms with Crippen molar-refractivity contribution in [2.75, 3.05) is 19.6 Å². The molecule has 1 aromatic carbocycles. The van der Waals surface area contributed by atoms with Gasteiger partial charge in [0.05, 0.1) is 6.10 Å². The second kappa shape index (κ2) is 6.92. The summed E-state index contributed by atoms with van der Waals surface area (Å²) in [5.41, 5.74) is 1.40. The molecular formula is C20H30N2O. The summed E-state index contributed by atoms with van der Waals surface area (Å²) < 4.78 is 0. The molecule has 2 bridgehead atoms. The van der Waals surface area contributed by atoms with Gasteiger partial charge >= 0.3 is 0 Å². The number of aliphatic hydroxyl groups is 1. The van der Waals surface area contributed by atoms with Gasteiger partial charge in [0.25, 0.3) is 0 Å². The normalized spacial score (nSPS) is 33.2. The van der Waals surface area contributed by atoms with E-state index in [1.807, 2.05) is 0 Å². The molecule has 126 valence electrons. The number of aliphatic hydroxyl groups excluding tert-OH is 1. The van der Waals surface area contributed by atoms with Crippen molar-refractivity contribution in [1.29, 1.82) is 0 Å². The highest BCUT2D eigenvalue weighted by Gasteiger charge is 2.44. The van der Waals surface area contributed by atoms with Crippen molar-refractivity contribution in [2.45, 2.75) is 63.3 Å². The van der Waals surface area contributed by atoms with Gasteiger partial charge < -0.3 is 5.11 Å². The molecule has 0 amide bonds. The number of piperazine rings is 1. The van der Waals surface area contributed by atoms with Crippen molar-refractivity contribution >= 4 is 0 Å². The van der Waals surface area contributed by atoms with E-state index < -0.39 is 0 Å². The van der Waals surface area contributed by atoms with Gasteiger partial charge in [-0.2, -0.15) is 0 Å². The molecule has 0 spiro atoms. The summed E-state index contributed by atoms with van der Waals surface area (Å²) in [6.07, 6.45) is 7.89. The van der Waals surface area contributed by atoms with Crippen LogP contribution in [0.3, 0.4) is 0 Å². The van der Waals surface area contributed by atoms with E-state index in [2.05, 4.69) is 40.1 Å². The Kier molecular flexibility index (Phi) is 4.70. The molecule has 1 saturated carbocycles. The Bertz CT molecular complexity index is 500. The SMILES string of the molecule is O[C@@H]1C[C@H]2CN(CC3CCCCC3)[C@@H]1CN2Cc1ccccc1. The van der Waals surface area contributed by atoms with Crippen molar-refractivity contribution < 1.29 is 5.11 Å². The summed E-state index contributed by atoms with van der Waals surface area (Å²) in [4.78, 5) is 5.22. The highest BCUT2D eigenvalue weighted by molar-refractivity contribution is 5.15. The van der Waals surface area contributed by atoms with Gasteiger partial charge in [0.1, 0.15) is 0 Å². The molecule has 0 radical (unpaired) electrons. The van der Waals surface area contributed by atoms with E-state index in [9.17, 15) is 5.11 Å². The van der Waals surface area contributed by atoms with E-state index in [0.29, 0.717) is 12.1 Å². The molecule has 3 heteroatoms. The molecule has 0 aromatic heterocycles. The first kappa shape index (κ1) is 15.6. The number of rotatable bonds is 4. The highest BCUT2D eigenvalue weighted by atomic mass is 16.3. The number of piperidine rings is 2. The molecule has 1 aromatic rings. The van der Waals surface area contributed by atoms with Gasteiger partial charge in [-0.1, -0.05) is 49.6 Å². The fourth-order valence-corrected chi connectivity index (χ4v) is 4.97. The molecule has 5 rings (SSSR count). The van der Waals surface area contributed by atoms with Crippen LogP contribution in [0.1, 0.15) is 44.1 Å². The zero-order valence-corrected chi connectivity index (χ0v) is 14.1. The van der Waals surface area contributed by atoms with Crippen LogP contribution in [0, 0.1) is 5.92 Å². The van der Waals surface area contributed by atoms with Crippen LogP contribution in [0.5, 0.6) is 0 Å². The predicted octanol–water partition coefficient (Wildman–Crippen LogP) is 2.89. The first-order chi connectivity index (χ1) is 11.3. The van der Waals surface area contributed by atoms with Gasteiger partial charge in [-0.25, -0.2) is 0 Å². The topological polar surface area (TPSA) is 26.7 Å². The van der Waals surface area contributed by atoms with Gasteiger partial charge in [-0.15, -0.1) is 0 Å². The van der Waals surface area contributed by atoms with Gasteiger partial charge in [-0.3, -0.25) is 9.80 Å². The second-order valence-corrected chi connectivity index (χ2v) is 7.90. The van der Waals surface area contributed by atoms with Crippen LogP contribution in [-0.2, 0) is 6.54 Å². The third kappa shape index (κ3) is 3.47. The van der Waals surface area contributed by atoms with Gasteiger partial charge in [0.2, 0.25) is 0 Å². The molecule has 4 fully saturated rings. The summed E-state index contributed by atoms with van der Waals surface area (Å²) in [5.74, 6) is 0.873. The summed E-state index contributed by atoms with van der Waals surface area (Å²) in [6.45, 7) is 4.45. The van der Waals surface area contributed by atoms with Crippen molar-refractivity contribution in [3.8, 4) is 0 Å². The lowest BCUT2D eigenvalue weighted by Gasteiger charge is -2.54. The highest BCUT2D eigenvalue weighted by Crippen LogP contribution is 2.33. The van der Waals surface area contributed by atoms with Gasteiger partial charge in [0.15, 0.2) is 0 Å². The van der Waals surface area contributed by atoms with Crippen molar-refractivity contribution in [2.24, 2.45) is 5.92 Å². The molecule has 3 nitrogen and oxygen atoms in total. The van der Waals surface area contributed by atoms with Crippen LogP contribution in [0.25, 0.3) is 0 Å². The number of fused-ring (bicyclic) bond motifs is 3. The zero-order valence-electron chi connectivity index (χ0n) is 14.1. The van der Waals surface area contributed by atoms with Crippen LogP contribution >= 0.6 is 0 Å². The maximum atomic E-state index is 10.5. The minimum absolute atomic E-state index is 0.121. The number of hydrogen-bond donors (Lipinski definition) is 1. The Morgan fingerprint density at radius 3 is 2.48 bits per heavy atom. The average molecular weight is 314 g/mol. The molecule has 1 aliphatic carbocycles. The maximum absolute atomic E-state index is 10.5. The van der Waals surface area contributed by atoms with E-state index >= 15 is 0 Å². The van der Waals surface area contributed by atoms with E-state index in [4.69, 9.17) is 0 Å². The Labute approximate surface area is 140 Å². The standard InChI is InChI=1S/C20H30N2O/c23-20-11-18-14-22(13-17-9-5-2-6-10-17)19(20)15-21(18)12-16-7-3-1-4-8-16/h1,3-4,7-8,17-20,23H,2,5-6,9-15H2/t18-,19+,20+/m0/s1. The Hall–Kier alpha value is -0.900. The Morgan fingerprint density at radius 1 is 0.957 bits per heavy atom. The molecule has 3 atom stereocenters. The number of hydrogen-bond acceptors (Lipinski definition) is 3. The Morgan fingerprint density at radius 2 is 1.74 bits per heavy atom. The largest absolute Gasteiger partial charge is 0.391 e. The van der Waals surface area contributed by atoms with Crippen molar-refractivity contribution in [3.63, 3.8) is 0 Å². The van der Waals surface area contributed by atoms with Gasteiger partial charge in [-0.05, 0) is 30.7 Å². The number of benzene rings is 1. The molecule has 1 N–H and O–H groups in total. The fraction of sp³-hybridized carbons (Fsp3) is 0.700. The van der Waals surface area contributed by atoms with Crippen LogP contribution in [0.15, 0.2) is 30.3 Å². The second-order valence-electron chi connectivity index (χ2n) is 7.90. The monoisotopic (exact) mass is 314 g/mol. The van der Waals surface area contributed by atoms with Crippen LogP contribution in [-0.4, -0.2) is 52.7 Å². The third-order valence-corrected chi connectivity index (χ3v) is 6.26. The zero-order chi connectivity index (χ0) is 15.6. The quantitative estimate of drug-likeness (QED) is 0.926.